The zero-order chi connectivity index (χ0) is 21.2. The van der Waals surface area contributed by atoms with E-state index in [1.807, 2.05) is 71.6 Å². The molecule has 3 aromatic carbocycles. The number of hydrogen-bond acceptors (Lipinski definition) is 3. The van der Waals surface area contributed by atoms with E-state index in [1.54, 1.807) is 12.4 Å². The first kappa shape index (κ1) is 19.2. The Morgan fingerprint density at radius 2 is 1.81 bits per heavy atom. The third kappa shape index (κ3) is 3.87. The van der Waals surface area contributed by atoms with Gasteiger partial charge in [-0.25, -0.2) is 4.98 Å². The summed E-state index contributed by atoms with van der Waals surface area (Å²) in [6.45, 7) is 1.13. The lowest BCUT2D eigenvalue weighted by atomic mass is 9.89. The zero-order valence-electron chi connectivity index (χ0n) is 17.1. The standard InChI is InChI=1S/C26H23N3O2/c30-24(20-11-10-18-5-1-2-6-19(18)15-20)23-9-4-14-29(17-23)26(31)22-8-3-7-21(16-22)25-27-12-13-28-25/h1-3,5-8,10-13,15-16,23H,4,9,14,17H2,(H,27,28)/t23-/m0/s1. The molecule has 1 fully saturated rings. The molecular weight excluding hydrogens is 386 g/mol. The van der Waals surface area contributed by atoms with Crippen LogP contribution >= 0.6 is 0 Å². The number of carbonyl (C=O) groups excluding carboxylic acids is 2. The second-order valence-electron chi connectivity index (χ2n) is 8.04. The number of fused-ring (bicyclic) bond motifs is 1. The molecular formula is C26H23N3O2. The Bertz CT molecular complexity index is 1250. The van der Waals surface area contributed by atoms with Crippen molar-refractivity contribution in [2.45, 2.75) is 12.8 Å². The molecule has 0 unspecified atom stereocenters. The van der Waals surface area contributed by atoms with Gasteiger partial charge < -0.3 is 9.88 Å². The van der Waals surface area contributed by atoms with E-state index in [1.165, 1.54) is 0 Å². The van der Waals surface area contributed by atoms with Gasteiger partial charge in [0.2, 0.25) is 0 Å². The van der Waals surface area contributed by atoms with Crippen molar-refractivity contribution in [3.63, 3.8) is 0 Å². The fraction of sp³-hybridized carbons (Fsp3) is 0.192. The van der Waals surface area contributed by atoms with E-state index in [0.717, 1.165) is 40.6 Å². The zero-order valence-corrected chi connectivity index (χ0v) is 17.1. The van der Waals surface area contributed by atoms with Crippen LogP contribution in [0, 0.1) is 5.92 Å². The van der Waals surface area contributed by atoms with Crippen LogP contribution in [0.2, 0.25) is 0 Å². The minimum absolute atomic E-state index is 0.0376. The molecule has 5 nitrogen and oxygen atoms in total. The minimum atomic E-state index is -0.174. The minimum Gasteiger partial charge on any atom is -0.345 e. The Labute approximate surface area is 180 Å². The number of H-pyrrole nitrogens is 1. The number of rotatable bonds is 4. The van der Waals surface area contributed by atoms with Gasteiger partial charge in [0.1, 0.15) is 5.82 Å². The molecule has 154 valence electrons. The quantitative estimate of drug-likeness (QED) is 0.484. The lowest BCUT2D eigenvalue weighted by Gasteiger charge is -2.32. The number of nitrogens with one attached hydrogen (secondary N) is 1. The van der Waals surface area contributed by atoms with Crippen molar-refractivity contribution in [2.75, 3.05) is 13.1 Å². The lowest BCUT2D eigenvalue weighted by molar-refractivity contribution is 0.0637. The highest BCUT2D eigenvalue weighted by Gasteiger charge is 2.29. The predicted molar refractivity (Wildman–Crippen MR) is 121 cm³/mol. The van der Waals surface area contributed by atoms with Crippen molar-refractivity contribution in [1.29, 1.82) is 0 Å². The number of Topliss-reactive ketones (excluding diaryl/α,β-unsaturated/α-hetero) is 1. The van der Waals surface area contributed by atoms with Gasteiger partial charge in [-0.2, -0.15) is 0 Å². The Morgan fingerprint density at radius 1 is 0.935 bits per heavy atom. The van der Waals surface area contributed by atoms with Gasteiger partial charge in [0.05, 0.1) is 0 Å². The highest BCUT2D eigenvalue weighted by molar-refractivity contribution is 6.02. The second-order valence-corrected chi connectivity index (χ2v) is 8.04. The predicted octanol–water partition coefficient (Wildman–Crippen LogP) is 4.97. The molecule has 0 radical (unpaired) electrons. The van der Waals surface area contributed by atoms with E-state index in [4.69, 9.17) is 0 Å². The van der Waals surface area contributed by atoms with Crippen molar-refractivity contribution in [3.05, 3.63) is 90.3 Å². The summed E-state index contributed by atoms with van der Waals surface area (Å²) in [5.74, 6) is 0.641. The van der Waals surface area contributed by atoms with Crippen LogP contribution in [0.5, 0.6) is 0 Å². The molecule has 5 heteroatoms. The fourth-order valence-electron chi connectivity index (χ4n) is 4.36. The fourth-order valence-corrected chi connectivity index (χ4v) is 4.36. The molecule has 2 heterocycles. The normalized spacial score (nSPS) is 16.4. The number of benzene rings is 3. The smallest absolute Gasteiger partial charge is 0.253 e. The maximum Gasteiger partial charge on any atom is 0.253 e. The van der Waals surface area contributed by atoms with E-state index >= 15 is 0 Å². The number of nitrogens with zero attached hydrogens (tertiary/aromatic N) is 2. The molecule has 1 saturated heterocycles. The Balaban J connectivity index is 1.34. The first-order valence-corrected chi connectivity index (χ1v) is 10.6. The molecule has 1 aliphatic rings. The summed E-state index contributed by atoms with van der Waals surface area (Å²) in [4.78, 5) is 35.5. The monoisotopic (exact) mass is 409 g/mol. The van der Waals surface area contributed by atoms with Gasteiger partial charge in [-0.3, -0.25) is 9.59 Å². The van der Waals surface area contributed by atoms with Gasteiger partial charge in [0.15, 0.2) is 5.78 Å². The number of aromatic amines is 1. The van der Waals surface area contributed by atoms with Crippen molar-refractivity contribution in [2.24, 2.45) is 5.92 Å². The van der Waals surface area contributed by atoms with Gasteiger partial charge in [0, 0.05) is 48.1 Å². The van der Waals surface area contributed by atoms with Crippen LogP contribution in [0.1, 0.15) is 33.6 Å². The van der Waals surface area contributed by atoms with Gasteiger partial charge in [-0.15, -0.1) is 0 Å². The summed E-state index contributed by atoms with van der Waals surface area (Å²) in [5.41, 5.74) is 2.21. The number of likely N-dealkylation sites (tertiary alicyclic amines) is 1. The maximum atomic E-state index is 13.2. The van der Waals surface area contributed by atoms with Crippen molar-refractivity contribution in [3.8, 4) is 11.4 Å². The molecule has 0 spiro atoms. The van der Waals surface area contributed by atoms with E-state index in [0.29, 0.717) is 18.7 Å². The first-order chi connectivity index (χ1) is 15.2. The average Bonchev–Trinajstić information content (AvgIpc) is 3.38. The third-order valence-electron chi connectivity index (χ3n) is 5.99. The Morgan fingerprint density at radius 3 is 2.65 bits per heavy atom. The lowest BCUT2D eigenvalue weighted by Crippen LogP contribution is -2.42. The van der Waals surface area contributed by atoms with Crippen LogP contribution < -0.4 is 0 Å². The molecule has 1 aliphatic heterocycles. The van der Waals surface area contributed by atoms with Crippen LogP contribution in [-0.2, 0) is 0 Å². The van der Waals surface area contributed by atoms with E-state index in [2.05, 4.69) is 9.97 Å². The summed E-state index contributed by atoms with van der Waals surface area (Å²) in [5, 5.41) is 2.18. The van der Waals surface area contributed by atoms with Crippen LogP contribution in [0.3, 0.4) is 0 Å². The van der Waals surface area contributed by atoms with Gasteiger partial charge in [-0.05, 0) is 41.8 Å². The van der Waals surface area contributed by atoms with Crippen LogP contribution in [0.4, 0.5) is 0 Å². The molecule has 1 N–H and O–H groups in total. The van der Waals surface area contributed by atoms with Crippen LogP contribution in [-0.4, -0.2) is 39.6 Å². The van der Waals surface area contributed by atoms with Crippen molar-refractivity contribution < 1.29 is 9.59 Å². The Hall–Kier alpha value is -3.73. The van der Waals surface area contributed by atoms with Gasteiger partial charge in [0.25, 0.3) is 5.91 Å². The number of imidazole rings is 1. The number of hydrogen-bond donors (Lipinski definition) is 1. The summed E-state index contributed by atoms with van der Waals surface area (Å²) in [6, 6.07) is 21.4. The summed E-state index contributed by atoms with van der Waals surface area (Å²) in [7, 11) is 0. The molecule has 0 aliphatic carbocycles. The van der Waals surface area contributed by atoms with E-state index in [-0.39, 0.29) is 17.6 Å². The Kier molecular flexibility index (Phi) is 5.08. The highest BCUT2D eigenvalue weighted by atomic mass is 16.2. The van der Waals surface area contributed by atoms with E-state index < -0.39 is 0 Å². The number of carbonyl (C=O) groups is 2. The molecule has 5 rings (SSSR count). The summed E-state index contributed by atoms with van der Waals surface area (Å²) < 4.78 is 0. The van der Waals surface area contributed by atoms with Crippen molar-refractivity contribution >= 4 is 22.5 Å². The molecule has 1 atom stereocenters. The molecule has 1 aromatic heterocycles. The van der Waals surface area contributed by atoms with E-state index in [9.17, 15) is 9.59 Å². The first-order valence-electron chi connectivity index (χ1n) is 10.6. The SMILES string of the molecule is O=C(c1ccc2ccccc2c1)[C@H]1CCCN(C(=O)c2cccc(-c3ncc[nH]3)c2)C1. The maximum absolute atomic E-state index is 13.2. The summed E-state index contributed by atoms with van der Waals surface area (Å²) >= 11 is 0. The topological polar surface area (TPSA) is 66.1 Å². The largest absolute Gasteiger partial charge is 0.345 e. The molecule has 31 heavy (non-hydrogen) atoms. The van der Waals surface area contributed by atoms with Gasteiger partial charge in [-0.1, -0.05) is 48.5 Å². The van der Waals surface area contributed by atoms with Crippen molar-refractivity contribution in [1.82, 2.24) is 14.9 Å². The highest BCUT2D eigenvalue weighted by Crippen LogP contribution is 2.25. The number of aromatic nitrogens is 2. The third-order valence-corrected chi connectivity index (χ3v) is 5.99. The number of ketones is 1. The molecule has 1 amide bonds. The average molecular weight is 409 g/mol. The van der Waals surface area contributed by atoms with Crippen LogP contribution in [0.15, 0.2) is 79.1 Å². The number of amides is 1. The second kappa shape index (κ2) is 8.19. The number of piperidine rings is 1. The van der Waals surface area contributed by atoms with Crippen LogP contribution in [0.25, 0.3) is 22.2 Å². The van der Waals surface area contributed by atoms with Gasteiger partial charge >= 0.3 is 0 Å². The molecule has 0 saturated carbocycles. The summed E-state index contributed by atoms with van der Waals surface area (Å²) in [6.07, 6.45) is 5.09. The molecule has 0 bridgehead atoms. The molecule has 4 aromatic rings.